The number of fused-ring (bicyclic) bond motifs is 1. The fourth-order valence-corrected chi connectivity index (χ4v) is 7.78. The maximum absolute atomic E-state index is 15.5. The van der Waals surface area contributed by atoms with Gasteiger partial charge in [0.05, 0.1) is 24.0 Å². The molecule has 19 heteroatoms. The van der Waals surface area contributed by atoms with E-state index in [1.54, 1.807) is 20.8 Å². The number of carboxylic acid groups (broad SMARTS) is 1. The van der Waals surface area contributed by atoms with Crippen molar-refractivity contribution in [3.8, 4) is 11.3 Å². The number of hydrogen-bond donors (Lipinski definition) is 1. The fraction of sp³-hybridized carbons (Fsp3) is 0.419. The van der Waals surface area contributed by atoms with Gasteiger partial charge in [-0.25, -0.2) is 23.2 Å². The number of thiazole rings is 1. The van der Waals surface area contributed by atoms with Crippen molar-refractivity contribution < 1.29 is 46.2 Å². The molecule has 4 heterocycles. The molecular weight excluding hydrogens is 713 g/mol. The molecule has 1 atom stereocenters. The first kappa shape index (κ1) is 36.6. The zero-order valence-electron chi connectivity index (χ0n) is 27.2. The number of likely N-dealkylation sites (tertiary alicyclic amines) is 1. The van der Waals surface area contributed by atoms with Gasteiger partial charge in [0.25, 0.3) is 11.5 Å². The SMILES string of the molecule is Cn1c(=O)c2c(CC(=O)/N=c3\scc(-c4ccc(F)c(C(F)(F)F)c4F)n3C[C@]3(C(=O)O)CCCN3C(=O)OC(C)(C)C)csc2n(C)c1=O. The Kier molecular flexibility index (Phi) is 9.46. The van der Waals surface area contributed by atoms with E-state index in [1.165, 1.54) is 24.0 Å². The van der Waals surface area contributed by atoms with Crippen LogP contribution in [-0.4, -0.2) is 59.4 Å². The lowest BCUT2D eigenvalue weighted by molar-refractivity contribution is -0.150. The van der Waals surface area contributed by atoms with Crippen LogP contribution in [0.1, 0.15) is 44.7 Å². The molecule has 0 spiro atoms. The van der Waals surface area contributed by atoms with Crippen molar-refractivity contribution in [3.63, 3.8) is 0 Å². The molecule has 3 aromatic heterocycles. The number of ether oxygens (including phenoxy) is 1. The molecule has 0 radical (unpaired) electrons. The highest BCUT2D eigenvalue weighted by Gasteiger charge is 2.52. The van der Waals surface area contributed by atoms with Gasteiger partial charge in [0.15, 0.2) is 10.3 Å². The molecule has 1 aliphatic heterocycles. The molecule has 0 saturated carbocycles. The highest BCUT2D eigenvalue weighted by atomic mass is 32.1. The van der Waals surface area contributed by atoms with E-state index in [0.717, 1.165) is 36.8 Å². The molecule has 0 bridgehead atoms. The first-order chi connectivity index (χ1) is 23.2. The van der Waals surface area contributed by atoms with Crippen LogP contribution in [-0.2, 0) is 47.6 Å². The van der Waals surface area contributed by atoms with Crippen LogP contribution in [0, 0.1) is 11.6 Å². The summed E-state index contributed by atoms with van der Waals surface area (Å²) in [4.78, 5) is 70.0. The number of carbonyl (C=O) groups is 3. The largest absolute Gasteiger partial charge is 0.479 e. The van der Waals surface area contributed by atoms with Crippen LogP contribution < -0.4 is 16.1 Å². The molecule has 2 amide bonds. The molecule has 50 heavy (non-hydrogen) atoms. The van der Waals surface area contributed by atoms with Crippen LogP contribution in [0.25, 0.3) is 21.5 Å². The number of aromatic nitrogens is 3. The van der Waals surface area contributed by atoms with Crippen LogP contribution in [0.4, 0.5) is 26.7 Å². The number of aliphatic carboxylic acids is 1. The van der Waals surface area contributed by atoms with Gasteiger partial charge in [0.2, 0.25) is 0 Å². The number of halogens is 5. The van der Waals surface area contributed by atoms with Crippen molar-refractivity contribution in [1.29, 1.82) is 0 Å². The van der Waals surface area contributed by atoms with Gasteiger partial charge in [-0.05, 0) is 56.7 Å². The maximum Gasteiger partial charge on any atom is 0.422 e. The third-order valence-electron chi connectivity index (χ3n) is 8.18. The third kappa shape index (κ3) is 6.50. The summed E-state index contributed by atoms with van der Waals surface area (Å²) in [5.41, 5.74) is -7.42. The molecular formula is C31H30F5N5O7S2. The number of aryl methyl sites for hydroxylation is 1. The Morgan fingerprint density at radius 3 is 2.34 bits per heavy atom. The molecule has 4 aromatic rings. The van der Waals surface area contributed by atoms with E-state index in [-0.39, 0.29) is 40.8 Å². The minimum atomic E-state index is -5.43. The molecule has 268 valence electrons. The summed E-state index contributed by atoms with van der Waals surface area (Å²) in [7, 11) is 2.72. The summed E-state index contributed by atoms with van der Waals surface area (Å²) in [5.74, 6) is -6.24. The molecule has 1 aliphatic rings. The number of thiophene rings is 1. The number of nitrogens with zero attached hydrogens (tertiary/aromatic N) is 5. The molecule has 1 saturated heterocycles. The Balaban J connectivity index is 1.68. The summed E-state index contributed by atoms with van der Waals surface area (Å²) in [6, 6.07) is 1.16. The molecule has 12 nitrogen and oxygen atoms in total. The zero-order valence-corrected chi connectivity index (χ0v) is 28.8. The Morgan fingerprint density at radius 2 is 1.72 bits per heavy atom. The minimum Gasteiger partial charge on any atom is -0.479 e. The van der Waals surface area contributed by atoms with Gasteiger partial charge in [0.1, 0.15) is 27.6 Å². The summed E-state index contributed by atoms with van der Waals surface area (Å²) >= 11 is 1.70. The Morgan fingerprint density at radius 1 is 1.04 bits per heavy atom. The van der Waals surface area contributed by atoms with E-state index >= 15 is 4.39 Å². The second kappa shape index (κ2) is 12.9. The molecule has 0 aliphatic carbocycles. The van der Waals surface area contributed by atoms with Crippen LogP contribution in [0.3, 0.4) is 0 Å². The summed E-state index contributed by atoms with van der Waals surface area (Å²) in [6.45, 7) is 3.92. The van der Waals surface area contributed by atoms with Gasteiger partial charge in [-0.1, -0.05) is 0 Å². The quantitative estimate of drug-likeness (QED) is 0.283. The number of hydrogen-bond acceptors (Lipinski definition) is 8. The maximum atomic E-state index is 15.5. The molecule has 1 N–H and O–H groups in total. The van der Waals surface area contributed by atoms with Crippen molar-refractivity contribution in [1.82, 2.24) is 18.6 Å². The van der Waals surface area contributed by atoms with E-state index in [1.807, 2.05) is 0 Å². The van der Waals surface area contributed by atoms with E-state index in [2.05, 4.69) is 4.99 Å². The lowest BCUT2D eigenvalue weighted by Crippen LogP contribution is -2.57. The average molecular weight is 744 g/mol. The van der Waals surface area contributed by atoms with Crippen LogP contribution in [0.2, 0.25) is 0 Å². The predicted molar refractivity (Wildman–Crippen MR) is 172 cm³/mol. The molecule has 5 rings (SSSR count). The van der Waals surface area contributed by atoms with Gasteiger partial charge < -0.3 is 14.4 Å². The second-order valence-electron chi connectivity index (χ2n) is 12.7. The van der Waals surface area contributed by atoms with Gasteiger partial charge in [0, 0.05) is 31.6 Å². The van der Waals surface area contributed by atoms with Crippen molar-refractivity contribution in [2.75, 3.05) is 6.54 Å². The Bertz CT molecular complexity index is 2240. The molecule has 1 aromatic carbocycles. The number of rotatable bonds is 6. The standard InChI is InChI=1S/C31H30F5N5O7S2/c1-29(2,3)48-28(47)41-10-6-9-30(41,25(44)45)14-40-18(16-7-8-17(32)21(22(16)33)31(34,35)36)13-50-26(40)37-19(42)11-15-12-49-24-20(15)23(43)38(4)27(46)39(24)5/h7-8,12-13H,6,9-11,14H2,1-5H3,(H,44,45)/b37-26-/t30-/m0/s1. The number of carboxylic acids is 1. The van der Waals surface area contributed by atoms with Crippen LogP contribution in [0.5, 0.6) is 0 Å². The first-order valence-electron chi connectivity index (χ1n) is 14.9. The van der Waals surface area contributed by atoms with Gasteiger partial charge in [-0.15, -0.1) is 22.7 Å². The van der Waals surface area contributed by atoms with E-state index in [0.29, 0.717) is 22.2 Å². The zero-order chi connectivity index (χ0) is 37.1. The predicted octanol–water partition coefficient (Wildman–Crippen LogP) is 4.65. The third-order valence-corrected chi connectivity index (χ3v) is 10.1. The molecule has 0 unspecified atom stereocenters. The molecule has 1 fully saturated rings. The lowest BCUT2D eigenvalue weighted by atomic mass is 9.95. The topological polar surface area (TPSA) is 145 Å². The average Bonchev–Trinajstić information content (AvgIpc) is 3.72. The second-order valence-corrected chi connectivity index (χ2v) is 14.4. The van der Waals surface area contributed by atoms with Crippen molar-refractivity contribution in [2.45, 2.75) is 63.9 Å². The minimum absolute atomic E-state index is 0.0710. The van der Waals surface area contributed by atoms with Gasteiger partial charge >= 0.3 is 23.9 Å². The summed E-state index contributed by atoms with van der Waals surface area (Å²) < 4.78 is 79.5. The Labute approximate surface area is 287 Å². The highest BCUT2D eigenvalue weighted by Crippen LogP contribution is 2.39. The fourth-order valence-electron chi connectivity index (χ4n) is 5.84. The number of carbonyl (C=O) groups excluding carboxylic acids is 2. The lowest BCUT2D eigenvalue weighted by Gasteiger charge is -2.36. The normalized spacial score (nSPS) is 17.2. The van der Waals surface area contributed by atoms with Crippen molar-refractivity contribution in [3.05, 3.63) is 71.3 Å². The van der Waals surface area contributed by atoms with Crippen LogP contribution >= 0.6 is 22.7 Å². The first-order valence-corrected chi connectivity index (χ1v) is 16.7. The number of amides is 2. The number of alkyl halides is 3. The van der Waals surface area contributed by atoms with Crippen molar-refractivity contribution >= 4 is 50.9 Å². The van der Waals surface area contributed by atoms with Gasteiger partial charge in [-0.2, -0.15) is 18.2 Å². The van der Waals surface area contributed by atoms with Crippen molar-refractivity contribution in [2.24, 2.45) is 19.1 Å². The van der Waals surface area contributed by atoms with E-state index in [9.17, 15) is 46.6 Å². The highest BCUT2D eigenvalue weighted by molar-refractivity contribution is 7.17. The van der Waals surface area contributed by atoms with E-state index < -0.39 is 82.3 Å². The van der Waals surface area contributed by atoms with E-state index in [4.69, 9.17) is 4.74 Å². The summed E-state index contributed by atoms with van der Waals surface area (Å²) in [6.07, 6.45) is -6.86. The Hall–Kier alpha value is -4.65. The monoisotopic (exact) mass is 743 g/mol. The van der Waals surface area contributed by atoms with Gasteiger partial charge in [-0.3, -0.25) is 23.6 Å². The number of benzene rings is 1. The summed E-state index contributed by atoms with van der Waals surface area (Å²) in [5, 5.41) is 13.3. The van der Waals surface area contributed by atoms with Crippen LogP contribution in [0.15, 0.2) is 37.5 Å². The smallest absolute Gasteiger partial charge is 0.422 e.